The van der Waals surface area contributed by atoms with Gasteiger partial charge in [-0.2, -0.15) is 9.57 Å². The Labute approximate surface area is 188 Å². The molecule has 0 amide bonds. The number of benzene rings is 2. The van der Waals surface area contributed by atoms with Crippen molar-refractivity contribution in [1.82, 2.24) is 4.31 Å². The van der Waals surface area contributed by atoms with Gasteiger partial charge in [0.25, 0.3) is 0 Å². The summed E-state index contributed by atoms with van der Waals surface area (Å²) < 4.78 is 37.8. The van der Waals surface area contributed by atoms with Gasteiger partial charge in [0, 0.05) is 18.7 Å². The SMILES string of the molecule is COc1cc(C=CC(=O)c2ccc(S(=O)(=O)N3CCCCCC3)cc2)ccc1OCC#N. The minimum absolute atomic E-state index is 0.0898. The lowest BCUT2D eigenvalue weighted by Gasteiger charge is -2.19. The van der Waals surface area contributed by atoms with Gasteiger partial charge in [-0.05, 0) is 60.9 Å². The van der Waals surface area contributed by atoms with Gasteiger partial charge in [0.2, 0.25) is 10.0 Å². The maximum atomic E-state index is 12.9. The molecule has 1 saturated heterocycles. The molecule has 1 aliphatic heterocycles. The molecule has 1 heterocycles. The number of ether oxygens (including phenoxy) is 2. The molecule has 2 aromatic rings. The lowest BCUT2D eigenvalue weighted by atomic mass is 10.1. The van der Waals surface area contributed by atoms with Crippen molar-refractivity contribution >= 4 is 21.9 Å². The van der Waals surface area contributed by atoms with Crippen LogP contribution in [0, 0.1) is 11.3 Å². The predicted molar refractivity (Wildman–Crippen MR) is 121 cm³/mol. The van der Waals surface area contributed by atoms with Gasteiger partial charge in [0.1, 0.15) is 6.07 Å². The molecule has 32 heavy (non-hydrogen) atoms. The number of sulfonamides is 1. The van der Waals surface area contributed by atoms with Crippen LogP contribution in [0.1, 0.15) is 41.6 Å². The molecule has 0 N–H and O–H groups in total. The fourth-order valence-corrected chi connectivity index (χ4v) is 5.02. The summed E-state index contributed by atoms with van der Waals surface area (Å²) in [7, 11) is -2.05. The van der Waals surface area contributed by atoms with Gasteiger partial charge >= 0.3 is 0 Å². The molecule has 0 aromatic heterocycles. The number of rotatable bonds is 8. The monoisotopic (exact) mass is 454 g/mol. The van der Waals surface area contributed by atoms with Crippen LogP contribution in [0.25, 0.3) is 6.08 Å². The molecule has 0 unspecified atom stereocenters. The Balaban J connectivity index is 1.71. The quantitative estimate of drug-likeness (QED) is 0.441. The molecule has 0 radical (unpaired) electrons. The maximum absolute atomic E-state index is 12.9. The predicted octanol–water partition coefficient (Wildman–Crippen LogP) is 4.06. The molecule has 0 aliphatic carbocycles. The van der Waals surface area contributed by atoms with Crippen molar-refractivity contribution in [1.29, 1.82) is 5.26 Å². The largest absolute Gasteiger partial charge is 0.493 e. The van der Waals surface area contributed by atoms with Crippen molar-refractivity contribution in [2.45, 2.75) is 30.6 Å². The molecule has 0 bridgehead atoms. The highest BCUT2D eigenvalue weighted by atomic mass is 32.2. The van der Waals surface area contributed by atoms with Gasteiger partial charge in [0.15, 0.2) is 23.9 Å². The number of hydrogen-bond acceptors (Lipinski definition) is 6. The third-order valence-corrected chi connectivity index (χ3v) is 7.16. The number of allylic oxidation sites excluding steroid dienone is 1. The Bertz CT molecular complexity index is 1110. The molecule has 0 atom stereocenters. The average Bonchev–Trinajstić information content (AvgIpc) is 3.12. The van der Waals surface area contributed by atoms with Gasteiger partial charge in [-0.1, -0.05) is 25.0 Å². The first-order valence-electron chi connectivity index (χ1n) is 10.5. The van der Waals surface area contributed by atoms with Crippen LogP contribution >= 0.6 is 0 Å². The first-order chi connectivity index (χ1) is 15.5. The van der Waals surface area contributed by atoms with E-state index in [9.17, 15) is 13.2 Å². The van der Waals surface area contributed by atoms with E-state index < -0.39 is 10.0 Å². The highest BCUT2D eigenvalue weighted by Gasteiger charge is 2.25. The van der Waals surface area contributed by atoms with Crippen LogP contribution in [0.2, 0.25) is 0 Å². The summed E-state index contributed by atoms with van der Waals surface area (Å²) in [6.07, 6.45) is 6.90. The molecule has 1 fully saturated rings. The number of hydrogen-bond donors (Lipinski definition) is 0. The molecule has 3 rings (SSSR count). The maximum Gasteiger partial charge on any atom is 0.243 e. The van der Waals surface area contributed by atoms with E-state index in [-0.39, 0.29) is 17.3 Å². The number of carbonyl (C=O) groups is 1. The zero-order valence-electron chi connectivity index (χ0n) is 18.0. The molecular formula is C24H26N2O5S. The van der Waals surface area contributed by atoms with Gasteiger partial charge in [-0.3, -0.25) is 4.79 Å². The van der Waals surface area contributed by atoms with Crippen molar-refractivity contribution in [3.63, 3.8) is 0 Å². The number of ketones is 1. The molecule has 1 aliphatic rings. The topological polar surface area (TPSA) is 96.7 Å². The van der Waals surface area contributed by atoms with Crippen molar-refractivity contribution < 1.29 is 22.7 Å². The number of nitriles is 1. The van der Waals surface area contributed by atoms with E-state index >= 15 is 0 Å². The normalized spacial score (nSPS) is 15.1. The van der Waals surface area contributed by atoms with E-state index in [0.29, 0.717) is 30.2 Å². The van der Waals surface area contributed by atoms with Crippen LogP contribution in [0.4, 0.5) is 0 Å². The Morgan fingerprint density at radius 2 is 1.75 bits per heavy atom. The molecule has 8 heteroatoms. The Hall–Kier alpha value is -3.15. The van der Waals surface area contributed by atoms with Crippen molar-refractivity contribution in [3.8, 4) is 17.6 Å². The third-order valence-electron chi connectivity index (χ3n) is 5.25. The summed E-state index contributed by atoms with van der Waals surface area (Å²) >= 11 is 0. The Kier molecular flexibility index (Phi) is 8.03. The van der Waals surface area contributed by atoms with Crippen molar-refractivity contribution in [3.05, 3.63) is 59.7 Å². The van der Waals surface area contributed by atoms with Crippen molar-refractivity contribution in [2.24, 2.45) is 0 Å². The summed E-state index contributed by atoms with van der Waals surface area (Å²) in [5, 5.41) is 8.64. The van der Waals surface area contributed by atoms with Gasteiger partial charge < -0.3 is 9.47 Å². The second-order valence-electron chi connectivity index (χ2n) is 7.40. The van der Waals surface area contributed by atoms with E-state index in [0.717, 1.165) is 31.2 Å². The van der Waals surface area contributed by atoms with E-state index in [1.807, 2.05) is 6.07 Å². The summed E-state index contributed by atoms with van der Waals surface area (Å²) in [4.78, 5) is 12.8. The molecule has 2 aromatic carbocycles. The minimum atomic E-state index is -3.54. The Morgan fingerprint density at radius 3 is 2.38 bits per heavy atom. The van der Waals surface area contributed by atoms with E-state index in [2.05, 4.69) is 0 Å². The van der Waals surface area contributed by atoms with Crippen LogP contribution in [0.5, 0.6) is 11.5 Å². The van der Waals surface area contributed by atoms with Crippen LogP contribution in [0.3, 0.4) is 0 Å². The summed E-state index contributed by atoms with van der Waals surface area (Å²) in [5.41, 5.74) is 1.12. The lowest BCUT2D eigenvalue weighted by Crippen LogP contribution is -2.31. The van der Waals surface area contributed by atoms with Crippen LogP contribution in [-0.2, 0) is 10.0 Å². The first kappa shape index (κ1) is 23.5. The number of methoxy groups -OCH3 is 1. The van der Waals surface area contributed by atoms with E-state index in [4.69, 9.17) is 14.7 Å². The zero-order valence-corrected chi connectivity index (χ0v) is 18.8. The molecule has 168 valence electrons. The van der Waals surface area contributed by atoms with Gasteiger partial charge in [0.05, 0.1) is 12.0 Å². The smallest absolute Gasteiger partial charge is 0.243 e. The fraction of sp³-hybridized carbons (Fsp3) is 0.333. The van der Waals surface area contributed by atoms with Crippen LogP contribution < -0.4 is 9.47 Å². The number of carbonyl (C=O) groups excluding carboxylic acids is 1. The molecule has 7 nitrogen and oxygen atoms in total. The van der Waals surface area contributed by atoms with E-state index in [1.165, 1.54) is 41.8 Å². The molecule has 0 saturated carbocycles. The lowest BCUT2D eigenvalue weighted by molar-refractivity contribution is 0.104. The summed E-state index contributed by atoms with van der Waals surface area (Å²) in [6.45, 7) is 0.985. The number of nitrogens with zero attached hydrogens (tertiary/aromatic N) is 2. The minimum Gasteiger partial charge on any atom is -0.493 e. The summed E-state index contributed by atoms with van der Waals surface area (Å²) in [6, 6.07) is 13.1. The van der Waals surface area contributed by atoms with E-state index in [1.54, 1.807) is 24.3 Å². The Morgan fingerprint density at radius 1 is 1.06 bits per heavy atom. The first-order valence-corrected chi connectivity index (χ1v) is 11.9. The van der Waals surface area contributed by atoms with Crippen molar-refractivity contribution in [2.75, 3.05) is 26.8 Å². The second-order valence-corrected chi connectivity index (χ2v) is 9.34. The fourth-order valence-electron chi connectivity index (χ4n) is 3.51. The van der Waals surface area contributed by atoms with Gasteiger partial charge in [-0.25, -0.2) is 8.42 Å². The molecule has 0 spiro atoms. The highest BCUT2D eigenvalue weighted by molar-refractivity contribution is 7.89. The zero-order chi connectivity index (χ0) is 23.0. The standard InChI is InChI=1S/C24H26N2O5S/c1-30-24-18-19(7-13-23(24)31-17-14-25)6-12-22(27)20-8-10-21(11-9-20)32(28,29)26-15-4-2-3-5-16-26/h6-13,18H,2-5,15-17H2,1H3. The summed E-state index contributed by atoms with van der Waals surface area (Å²) in [5.74, 6) is 0.657. The average molecular weight is 455 g/mol. The van der Waals surface area contributed by atoms with Gasteiger partial charge in [-0.15, -0.1) is 0 Å². The highest BCUT2D eigenvalue weighted by Crippen LogP contribution is 2.28. The third kappa shape index (κ3) is 5.75. The van der Waals surface area contributed by atoms with Crippen LogP contribution in [0.15, 0.2) is 53.4 Å². The second kappa shape index (κ2) is 10.9. The molecular weight excluding hydrogens is 428 g/mol. The van der Waals surface area contributed by atoms with Crippen LogP contribution in [-0.4, -0.2) is 45.3 Å².